The molecule has 0 aromatic carbocycles. The molecule has 2 aliphatic carbocycles. The first-order valence-electron chi connectivity index (χ1n) is 7.06. The van der Waals surface area contributed by atoms with Crippen molar-refractivity contribution in [1.29, 1.82) is 0 Å². The highest BCUT2D eigenvalue weighted by atomic mass is 19.4. The predicted molar refractivity (Wildman–Crippen MR) is 76.5 cm³/mol. The molecule has 0 aromatic heterocycles. The molecule has 0 radical (unpaired) electrons. The van der Waals surface area contributed by atoms with Crippen LogP contribution < -0.4 is 11.5 Å². The Morgan fingerprint density at radius 1 is 0.760 bits per heavy atom. The molecule has 0 aliphatic heterocycles. The van der Waals surface area contributed by atoms with Crippen LogP contribution in [0.3, 0.4) is 0 Å². The van der Waals surface area contributed by atoms with E-state index in [4.69, 9.17) is 11.5 Å². The van der Waals surface area contributed by atoms with E-state index < -0.39 is 53.2 Å². The smallest absolute Gasteiger partial charge is 0.402 e. The van der Waals surface area contributed by atoms with Gasteiger partial charge in [0.25, 0.3) is 0 Å². The number of rotatable bonds is 2. The van der Waals surface area contributed by atoms with Crippen LogP contribution in [0.5, 0.6) is 0 Å². The summed E-state index contributed by atoms with van der Waals surface area (Å²) in [5.74, 6) is 0. The minimum Gasteiger partial charge on any atom is -0.402 e. The monoisotopic (exact) mass is 370 g/mol. The summed E-state index contributed by atoms with van der Waals surface area (Å²) < 4.78 is 83.7. The third kappa shape index (κ3) is 2.63. The molecule has 0 fully saturated rings. The van der Waals surface area contributed by atoms with Crippen molar-refractivity contribution in [2.45, 2.75) is 36.4 Å². The highest BCUT2D eigenvalue weighted by Gasteiger charge is 2.86. The van der Waals surface area contributed by atoms with E-state index in [1.54, 1.807) is 0 Å². The number of halogens is 6. The largest absolute Gasteiger partial charge is 0.409 e. The van der Waals surface area contributed by atoms with Crippen LogP contribution in [-0.2, 0) is 0 Å². The molecule has 0 spiro atoms. The van der Waals surface area contributed by atoms with Crippen molar-refractivity contribution >= 4 is 0 Å². The van der Waals surface area contributed by atoms with Crippen LogP contribution in [0, 0.1) is 5.41 Å². The first kappa shape index (κ1) is 19.4. The van der Waals surface area contributed by atoms with Crippen molar-refractivity contribution in [2.75, 3.05) is 0 Å². The van der Waals surface area contributed by atoms with Crippen molar-refractivity contribution in [2.24, 2.45) is 16.9 Å². The molecule has 0 bridgehead atoms. The molecule has 0 saturated heterocycles. The van der Waals surface area contributed by atoms with Crippen LogP contribution in [0.4, 0.5) is 26.3 Å². The lowest BCUT2D eigenvalue weighted by molar-refractivity contribution is -0.418. The summed E-state index contributed by atoms with van der Waals surface area (Å²) in [6, 6.07) is 0. The zero-order valence-electron chi connectivity index (χ0n) is 12.7. The molecular weight excluding hydrogens is 354 g/mol. The molecule has 6 N–H and O–H groups in total. The Bertz CT molecular complexity index is 618. The number of allylic oxidation sites excluding steroid dienone is 4. The molecular formula is C15H16F6N2O2. The molecule has 140 valence electrons. The van der Waals surface area contributed by atoms with Gasteiger partial charge >= 0.3 is 12.4 Å². The van der Waals surface area contributed by atoms with Crippen molar-refractivity contribution in [3.8, 4) is 0 Å². The summed E-state index contributed by atoms with van der Waals surface area (Å²) >= 11 is 0. The van der Waals surface area contributed by atoms with E-state index >= 15 is 0 Å². The predicted octanol–water partition coefficient (Wildman–Crippen LogP) is 2.16. The molecule has 2 atom stereocenters. The Morgan fingerprint density at radius 3 is 1.32 bits per heavy atom. The number of hydrogen-bond acceptors (Lipinski definition) is 4. The van der Waals surface area contributed by atoms with Gasteiger partial charge in [-0.05, 0) is 12.2 Å². The number of alkyl halides is 6. The summed E-state index contributed by atoms with van der Waals surface area (Å²) in [6.45, 7) is 0. The van der Waals surface area contributed by atoms with Crippen LogP contribution >= 0.6 is 0 Å². The molecule has 0 amide bonds. The molecule has 2 rings (SSSR count). The normalized spacial score (nSPS) is 30.9. The van der Waals surface area contributed by atoms with Crippen LogP contribution in [-0.4, -0.2) is 33.8 Å². The van der Waals surface area contributed by atoms with Crippen LogP contribution in [0.15, 0.2) is 47.9 Å². The zero-order chi connectivity index (χ0) is 19.3. The van der Waals surface area contributed by atoms with Gasteiger partial charge in [0.2, 0.25) is 5.41 Å². The Kier molecular flexibility index (Phi) is 4.29. The molecule has 2 aliphatic rings. The van der Waals surface area contributed by atoms with E-state index in [2.05, 4.69) is 0 Å². The third-order valence-electron chi connectivity index (χ3n) is 4.46. The van der Waals surface area contributed by atoms with E-state index in [-0.39, 0.29) is 0 Å². The second kappa shape index (κ2) is 5.53. The molecule has 0 heterocycles. The fraction of sp³-hybridized carbons (Fsp3) is 0.467. The Balaban J connectivity index is 2.86. The molecule has 25 heavy (non-hydrogen) atoms. The lowest BCUT2D eigenvalue weighted by Gasteiger charge is -2.55. The van der Waals surface area contributed by atoms with Gasteiger partial charge in [0.1, 0.15) is 11.2 Å². The van der Waals surface area contributed by atoms with Crippen molar-refractivity contribution in [3.63, 3.8) is 0 Å². The lowest BCUT2D eigenvalue weighted by Crippen LogP contribution is -2.74. The highest BCUT2D eigenvalue weighted by molar-refractivity contribution is 5.38. The van der Waals surface area contributed by atoms with Gasteiger partial charge in [-0.15, -0.1) is 0 Å². The van der Waals surface area contributed by atoms with Crippen molar-refractivity contribution < 1.29 is 36.6 Å². The molecule has 0 aromatic rings. The first-order valence-corrected chi connectivity index (χ1v) is 7.06. The zero-order valence-corrected chi connectivity index (χ0v) is 12.7. The Labute approximate surface area is 138 Å². The number of nitrogens with two attached hydrogens (primary N) is 2. The Morgan fingerprint density at radius 2 is 1.08 bits per heavy atom. The molecule has 2 unspecified atom stereocenters. The van der Waals surface area contributed by atoms with Crippen molar-refractivity contribution in [1.82, 2.24) is 0 Å². The standard InChI is InChI=1S/C15H16F6N2O2/c16-14(17,18)13(15(19,20)21,11(24)5-1-3-9(22)7-11)12(25)6-2-4-10(23)8-12/h1-6,24-25H,7-8,22-23H2. The third-order valence-corrected chi connectivity index (χ3v) is 4.46. The van der Waals surface area contributed by atoms with Gasteiger partial charge < -0.3 is 21.7 Å². The molecule has 4 nitrogen and oxygen atoms in total. The number of aliphatic hydroxyl groups is 2. The van der Waals surface area contributed by atoms with Crippen LogP contribution in [0.25, 0.3) is 0 Å². The average Bonchev–Trinajstić information content (AvgIpc) is 2.33. The lowest BCUT2D eigenvalue weighted by atomic mass is 9.56. The minimum absolute atomic E-state index is 0.352. The average molecular weight is 370 g/mol. The first-order chi connectivity index (χ1) is 11.2. The highest BCUT2D eigenvalue weighted by Crippen LogP contribution is 2.65. The van der Waals surface area contributed by atoms with Gasteiger partial charge in [-0.25, -0.2) is 0 Å². The van der Waals surface area contributed by atoms with Crippen LogP contribution in [0.1, 0.15) is 12.8 Å². The SMILES string of the molecule is NC1=CC=CC(O)(C(C(F)(F)F)(C(F)(F)F)C2(O)C=CC=C(N)C2)C1. The number of hydrogen-bond donors (Lipinski definition) is 4. The van der Waals surface area contributed by atoms with Gasteiger partial charge in [0, 0.05) is 24.2 Å². The summed E-state index contributed by atoms with van der Waals surface area (Å²) in [5, 5.41) is 21.1. The quantitative estimate of drug-likeness (QED) is 0.561. The van der Waals surface area contributed by atoms with Crippen LogP contribution in [0.2, 0.25) is 0 Å². The van der Waals surface area contributed by atoms with E-state index in [9.17, 15) is 36.6 Å². The van der Waals surface area contributed by atoms with Gasteiger partial charge in [-0.2, -0.15) is 26.3 Å². The van der Waals surface area contributed by atoms with Gasteiger partial charge in [0.15, 0.2) is 0 Å². The van der Waals surface area contributed by atoms with E-state index in [1.165, 1.54) is 0 Å². The maximum Gasteiger partial charge on any atom is 0.409 e. The summed E-state index contributed by atoms with van der Waals surface area (Å²) in [5.41, 5.74) is -2.14. The fourth-order valence-corrected chi connectivity index (χ4v) is 3.55. The summed E-state index contributed by atoms with van der Waals surface area (Å²) in [7, 11) is 0. The second-order valence-corrected chi connectivity index (χ2v) is 6.15. The van der Waals surface area contributed by atoms with E-state index in [0.29, 0.717) is 12.2 Å². The second-order valence-electron chi connectivity index (χ2n) is 6.15. The topological polar surface area (TPSA) is 92.5 Å². The Hall–Kier alpha value is -1.94. The minimum atomic E-state index is -6.08. The van der Waals surface area contributed by atoms with Crippen molar-refractivity contribution in [3.05, 3.63) is 47.9 Å². The van der Waals surface area contributed by atoms with E-state index in [0.717, 1.165) is 24.3 Å². The van der Waals surface area contributed by atoms with Gasteiger partial charge in [-0.3, -0.25) is 0 Å². The molecule has 10 heteroatoms. The molecule has 0 saturated carbocycles. The summed E-state index contributed by atoms with van der Waals surface area (Å²) in [4.78, 5) is 0. The van der Waals surface area contributed by atoms with Gasteiger partial charge in [0.05, 0.1) is 0 Å². The maximum absolute atomic E-state index is 14.0. The van der Waals surface area contributed by atoms with Gasteiger partial charge in [-0.1, -0.05) is 24.3 Å². The van der Waals surface area contributed by atoms with E-state index in [1.807, 2.05) is 0 Å². The maximum atomic E-state index is 14.0. The fourth-order valence-electron chi connectivity index (χ4n) is 3.55. The summed E-state index contributed by atoms with van der Waals surface area (Å²) in [6.07, 6.45) is -10.1.